The van der Waals surface area contributed by atoms with Crippen LogP contribution >= 0.6 is 11.6 Å². The van der Waals surface area contributed by atoms with E-state index in [1.54, 1.807) is 17.0 Å². The number of nitrogens with one attached hydrogen (secondary N) is 1. The summed E-state index contributed by atoms with van der Waals surface area (Å²) in [4.78, 5) is 27.2. The predicted octanol–water partition coefficient (Wildman–Crippen LogP) is 3.73. The molecule has 2 amide bonds. The number of ether oxygens (including phenoxy) is 1. The van der Waals surface area contributed by atoms with Gasteiger partial charge in [0.2, 0.25) is 11.8 Å². The van der Waals surface area contributed by atoms with Gasteiger partial charge in [-0.3, -0.25) is 9.59 Å². The highest BCUT2D eigenvalue weighted by Gasteiger charge is 2.30. The topological polar surface area (TPSA) is 58.6 Å². The molecule has 1 fully saturated rings. The van der Waals surface area contributed by atoms with E-state index in [4.69, 9.17) is 16.3 Å². The Morgan fingerprint density at radius 3 is 2.50 bits per heavy atom. The fourth-order valence-corrected chi connectivity index (χ4v) is 3.52. The molecule has 0 saturated carbocycles. The van der Waals surface area contributed by atoms with Gasteiger partial charge in [0.25, 0.3) is 0 Å². The Hall–Kier alpha value is -2.37. The number of rotatable bonds is 7. The zero-order chi connectivity index (χ0) is 19.9. The number of carbonyl (C=O) groups is 2. The lowest BCUT2D eigenvalue weighted by Gasteiger charge is -2.31. The van der Waals surface area contributed by atoms with Gasteiger partial charge in [-0.1, -0.05) is 54.1 Å². The molecule has 2 aromatic carbocycles. The van der Waals surface area contributed by atoms with Crippen LogP contribution in [0.25, 0.3) is 0 Å². The van der Waals surface area contributed by atoms with Gasteiger partial charge in [-0.2, -0.15) is 0 Å². The molecular weight excluding hydrogens is 376 g/mol. The van der Waals surface area contributed by atoms with Crippen molar-refractivity contribution in [3.8, 4) is 0 Å². The van der Waals surface area contributed by atoms with E-state index in [0.717, 1.165) is 30.6 Å². The van der Waals surface area contributed by atoms with Gasteiger partial charge in [0.15, 0.2) is 0 Å². The molecule has 1 saturated heterocycles. The lowest BCUT2D eigenvalue weighted by molar-refractivity contribution is -0.140. The molecule has 0 aliphatic carbocycles. The van der Waals surface area contributed by atoms with Crippen molar-refractivity contribution >= 4 is 23.4 Å². The van der Waals surface area contributed by atoms with Crippen LogP contribution in [0.2, 0.25) is 5.02 Å². The highest BCUT2D eigenvalue weighted by molar-refractivity contribution is 6.30. The Bertz CT molecular complexity index is 789. The molecule has 1 aliphatic rings. The summed E-state index contributed by atoms with van der Waals surface area (Å²) in [5.74, 6) is -0.373. The molecule has 6 heteroatoms. The Labute approximate surface area is 170 Å². The normalized spacial score (nSPS) is 17.1. The average molecular weight is 401 g/mol. The van der Waals surface area contributed by atoms with Crippen LogP contribution in [0, 0.1) is 0 Å². The third-order valence-electron chi connectivity index (χ3n) is 4.87. The van der Waals surface area contributed by atoms with E-state index in [-0.39, 0.29) is 17.9 Å². The predicted molar refractivity (Wildman–Crippen MR) is 109 cm³/mol. The summed E-state index contributed by atoms with van der Waals surface area (Å²) >= 11 is 5.97. The second-order valence-corrected chi connectivity index (χ2v) is 7.40. The third kappa shape index (κ3) is 5.33. The first-order valence-corrected chi connectivity index (χ1v) is 9.88. The molecule has 0 aromatic heterocycles. The number of hydrogen-bond acceptors (Lipinski definition) is 3. The van der Waals surface area contributed by atoms with E-state index in [9.17, 15) is 9.59 Å². The minimum absolute atomic E-state index is 0.0439. The summed E-state index contributed by atoms with van der Waals surface area (Å²) in [5.41, 5.74) is 1.68. The minimum atomic E-state index is -0.712. The van der Waals surface area contributed by atoms with Gasteiger partial charge >= 0.3 is 0 Å². The fourth-order valence-electron chi connectivity index (χ4n) is 3.40. The molecule has 1 N–H and O–H groups in total. The van der Waals surface area contributed by atoms with Crippen LogP contribution in [-0.2, 0) is 20.9 Å². The Morgan fingerprint density at radius 1 is 1.18 bits per heavy atom. The summed E-state index contributed by atoms with van der Waals surface area (Å²) in [7, 11) is 0. The van der Waals surface area contributed by atoms with Crippen molar-refractivity contribution in [1.82, 2.24) is 10.2 Å². The van der Waals surface area contributed by atoms with Gasteiger partial charge in [0, 0.05) is 31.6 Å². The molecule has 1 heterocycles. The Morgan fingerprint density at radius 2 is 1.89 bits per heavy atom. The zero-order valence-corrected chi connectivity index (χ0v) is 16.7. The van der Waals surface area contributed by atoms with E-state index in [1.165, 1.54) is 6.92 Å². The molecule has 0 bridgehead atoms. The summed E-state index contributed by atoms with van der Waals surface area (Å²) < 4.78 is 5.60. The Balaban J connectivity index is 1.82. The van der Waals surface area contributed by atoms with Crippen molar-refractivity contribution in [1.29, 1.82) is 0 Å². The van der Waals surface area contributed by atoms with Crippen LogP contribution in [0.5, 0.6) is 0 Å². The summed E-state index contributed by atoms with van der Waals surface area (Å²) in [6.45, 7) is 2.99. The van der Waals surface area contributed by atoms with Crippen LogP contribution in [0.3, 0.4) is 0 Å². The van der Waals surface area contributed by atoms with E-state index >= 15 is 0 Å². The van der Waals surface area contributed by atoms with Gasteiger partial charge in [0.05, 0.1) is 6.10 Å². The molecule has 0 spiro atoms. The van der Waals surface area contributed by atoms with Crippen LogP contribution in [-0.4, -0.2) is 36.0 Å². The molecule has 148 valence electrons. The molecule has 0 unspecified atom stereocenters. The van der Waals surface area contributed by atoms with Gasteiger partial charge in [-0.05, 0) is 36.1 Å². The number of nitrogens with zero attached hydrogens (tertiary/aromatic N) is 1. The van der Waals surface area contributed by atoms with Crippen molar-refractivity contribution in [2.75, 3.05) is 13.2 Å². The Kier molecular flexibility index (Phi) is 7.06. The van der Waals surface area contributed by atoms with E-state index in [1.807, 2.05) is 42.5 Å². The summed E-state index contributed by atoms with van der Waals surface area (Å²) in [6, 6.07) is 16.0. The number of carbonyl (C=O) groups excluding carboxylic acids is 2. The maximum atomic E-state index is 13.1. The highest BCUT2D eigenvalue weighted by atomic mass is 35.5. The van der Waals surface area contributed by atoms with Crippen LogP contribution < -0.4 is 5.32 Å². The lowest BCUT2D eigenvalue weighted by Crippen LogP contribution is -2.44. The molecule has 3 rings (SSSR count). The zero-order valence-electron chi connectivity index (χ0n) is 15.9. The molecule has 1 aliphatic heterocycles. The smallest absolute Gasteiger partial charge is 0.247 e. The SMILES string of the molecule is CC(=O)N(Cc1ccc(Cl)cc1)[C@@H](C(=O)NC[C@H]1CCCO1)c1ccccc1. The largest absolute Gasteiger partial charge is 0.376 e. The van der Waals surface area contributed by atoms with Crippen molar-refractivity contribution in [2.45, 2.75) is 38.5 Å². The fraction of sp³-hybridized carbons (Fsp3) is 0.364. The van der Waals surface area contributed by atoms with Crippen LogP contribution in [0.1, 0.15) is 36.9 Å². The minimum Gasteiger partial charge on any atom is -0.376 e. The third-order valence-corrected chi connectivity index (χ3v) is 5.13. The monoisotopic (exact) mass is 400 g/mol. The lowest BCUT2D eigenvalue weighted by atomic mass is 10.0. The summed E-state index contributed by atoms with van der Waals surface area (Å²) in [6.07, 6.45) is 2.00. The van der Waals surface area contributed by atoms with E-state index in [2.05, 4.69) is 5.32 Å². The second kappa shape index (κ2) is 9.71. The quantitative estimate of drug-likeness (QED) is 0.770. The van der Waals surface area contributed by atoms with Gasteiger partial charge in [-0.15, -0.1) is 0 Å². The van der Waals surface area contributed by atoms with E-state index in [0.29, 0.717) is 18.1 Å². The first kappa shape index (κ1) is 20.4. The number of halogens is 1. The van der Waals surface area contributed by atoms with Crippen molar-refractivity contribution < 1.29 is 14.3 Å². The van der Waals surface area contributed by atoms with Gasteiger partial charge in [-0.25, -0.2) is 0 Å². The van der Waals surface area contributed by atoms with Gasteiger partial charge in [0.1, 0.15) is 6.04 Å². The molecule has 28 heavy (non-hydrogen) atoms. The van der Waals surface area contributed by atoms with Crippen LogP contribution in [0.15, 0.2) is 54.6 Å². The second-order valence-electron chi connectivity index (χ2n) is 6.97. The maximum Gasteiger partial charge on any atom is 0.247 e. The van der Waals surface area contributed by atoms with Crippen molar-refractivity contribution in [2.24, 2.45) is 0 Å². The number of amides is 2. The molecular formula is C22H25ClN2O3. The summed E-state index contributed by atoms with van der Waals surface area (Å²) in [5, 5.41) is 3.61. The molecule has 5 nitrogen and oxygen atoms in total. The van der Waals surface area contributed by atoms with Gasteiger partial charge < -0.3 is 15.0 Å². The average Bonchev–Trinajstić information content (AvgIpc) is 3.22. The van der Waals surface area contributed by atoms with Crippen LogP contribution in [0.4, 0.5) is 0 Å². The first-order chi connectivity index (χ1) is 13.5. The van der Waals surface area contributed by atoms with Crippen molar-refractivity contribution in [3.63, 3.8) is 0 Å². The molecule has 2 aromatic rings. The standard InChI is InChI=1S/C22H25ClN2O3/c1-16(26)25(15-17-9-11-19(23)12-10-17)21(18-6-3-2-4-7-18)22(27)24-14-20-8-5-13-28-20/h2-4,6-7,9-12,20-21H,5,8,13-15H2,1H3,(H,24,27)/t20-,21-/m1/s1. The number of benzene rings is 2. The molecule has 0 radical (unpaired) electrons. The number of hydrogen-bond donors (Lipinski definition) is 1. The highest BCUT2D eigenvalue weighted by Crippen LogP contribution is 2.24. The first-order valence-electron chi connectivity index (χ1n) is 9.50. The maximum absolute atomic E-state index is 13.1. The van der Waals surface area contributed by atoms with Crippen molar-refractivity contribution in [3.05, 3.63) is 70.7 Å². The molecule has 2 atom stereocenters. The van der Waals surface area contributed by atoms with E-state index < -0.39 is 6.04 Å².